The Labute approximate surface area is 280 Å². The Kier molecular flexibility index (Phi) is 14.3. The van der Waals surface area contributed by atoms with E-state index in [2.05, 4.69) is 17.2 Å². The van der Waals surface area contributed by atoms with Gasteiger partial charge in [-0.05, 0) is 93.1 Å². The molecule has 3 rings (SSSR count). The molecule has 250 valence electrons. The SMILES string of the molecule is C=CCOC(=O)N1C[C@@H](SC(=O)OC(C)(C)C)C[C@H]1CNc1ccc(C(=O)N[C@@H](CCSC)C(=O)OC)c(Cc2ccccc2)c1. The highest BCUT2D eigenvalue weighted by atomic mass is 32.2. The minimum absolute atomic E-state index is 0.0832. The van der Waals surface area contributed by atoms with Gasteiger partial charge in [0.15, 0.2) is 0 Å². The molecule has 1 aliphatic rings. The predicted molar refractivity (Wildman–Crippen MR) is 185 cm³/mol. The van der Waals surface area contributed by atoms with E-state index in [1.54, 1.807) is 28.8 Å². The fourth-order valence-electron chi connectivity index (χ4n) is 4.99. The van der Waals surface area contributed by atoms with Crippen molar-refractivity contribution in [2.45, 2.75) is 63.0 Å². The number of rotatable bonds is 14. The number of esters is 1. The molecule has 1 fully saturated rings. The molecule has 1 saturated heterocycles. The summed E-state index contributed by atoms with van der Waals surface area (Å²) in [5, 5.41) is 5.74. The fraction of sp³-hybridized carbons (Fsp3) is 0.471. The van der Waals surface area contributed by atoms with Crippen LogP contribution in [-0.4, -0.2) is 89.9 Å². The summed E-state index contributed by atoms with van der Waals surface area (Å²) < 4.78 is 15.7. The normalized spacial score (nSPS) is 16.7. The second-order valence-corrected chi connectivity index (χ2v) is 14.1. The number of methoxy groups -OCH3 is 1. The Balaban J connectivity index is 1.81. The highest BCUT2D eigenvalue weighted by molar-refractivity contribution is 8.13. The third kappa shape index (κ3) is 11.6. The van der Waals surface area contributed by atoms with Crippen LogP contribution in [0.15, 0.2) is 61.2 Å². The molecular weight excluding hydrogens is 627 g/mol. The molecule has 46 heavy (non-hydrogen) atoms. The van der Waals surface area contributed by atoms with E-state index in [1.807, 2.05) is 63.4 Å². The van der Waals surface area contributed by atoms with E-state index in [1.165, 1.54) is 13.2 Å². The molecule has 12 heteroatoms. The Bertz CT molecular complexity index is 1350. The zero-order valence-electron chi connectivity index (χ0n) is 27.2. The number of carbonyl (C=O) groups is 4. The summed E-state index contributed by atoms with van der Waals surface area (Å²) in [7, 11) is 1.31. The van der Waals surface area contributed by atoms with Crippen molar-refractivity contribution in [1.29, 1.82) is 0 Å². The molecule has 2 aromatic carbocycles. The molecule has 2 amide bonds. The van der Waals surface area contributed by atoms with E-state index in [0.29, 0.717) is 43.7 Å². The zero-order chi connectivity index (χ0) is 33.7. The summed E-state index contributed by atoms with van der Waals surface area (Å²) in [5.74, 6) is -0.153. The second kappa shape index (κ2) is 17.9. The second-order valence-electron chi connectivity index (χ2n) is 11.9. The lowest BCUT2D eigenvalue weighted by molar-refractivity contribution is -0.142. The molecule has 2 N–H and O–H groups in total. The van der Waals surface area contributed by atoms with Crippen LogP contribution in [0, 0.1) is 0 Å². The largest absolute Gasteiger partial charge is 0.467 e. The van der Waals surface area contributed by atoms with Gasteiger partial charge in [-0.1, -0.05) is 43.0 Å². The van der Waals surface area contributed by atoms with Crippen LogP contribution in [0.2, 0.25) is 0 Å². The number of thioether (sulfide) groups is 2. The number of benzene rings is 2. The first-order chi connectivity index (χ1) is 21.9. The summed E-state index contributed by atoms with van der Waals surface area (Å²) >= 11 is 2.67. The molecule has 0 saturated carbocycles. The zero-order valence-corrected chi connectivity index (χ0v) is 28.8. The average Bonchev–Trinajstić information content (AvgIpc) is 3.42. The molecule has 0 aromatic heterocycles. The van der Waals surface area contributed by atoms with Gasteiger partial charge in [-0.25, -0.2) is 14.4 Å². The number of carbonyl (C=O) groups excluding carboxylic acids is 4. The fourth-order valence-corrected chi connectivity index (χ4v) is 6.58. The Morgan fingerprint density at radius 3 is 2.52 bits per heavy atom. The standard InChI is InChI=1S/C34H45N3O7S2/c1-7-16-43-32(40)37-22-27(46-33(41)44-34(2,3)4)20-26(37)21-35-25-13-14-28(24(19-25)18-23-11-9-8-10-12-23)30(38)36-29(15-17-45-6)31(39)42-5/h7-14,19,26-27,29,35H,1,15-18,20-22H2,2-6H3,(H,36,38)/t26-,27-,29-/m0/s1. The molecule has 0 radical (unpaired) electrons. The monoisotopic (exact) mass is 671 g/mol. The predicted octanol–water partition coefficient (Wildman–Crippen LogP) is 6.15. The van der Waals surface area contributed by atoms with E-state index in [4.69, 9.17) is 14.2 Å². The van der Waals surface area contributed by atoms with Gasteiger partial charge in [-0.15, -0.1) is 0 Å². The minimum Gasteiger partial charge on any atom is -0.467 e. The average molecular weight is 672 g/mol. The van der Waals surface area contributed by atoms with Crippen LogP contribution >= 0.6 is 23.5 Å². The molecule has 0 unspecified atom stereocenters. The van der Waals surface area contributed by atoms with Gasteiger partial charge < -0.3 is 29.7 Å². The third-order valence-corrected chi connectivity index (χ3v) is 8.71. The van der Waals surface area contributed by atoms with Crippen LogP contribution in [0.4, 0.5) is 15.3 Å². The number of nitrogens with zero attached hydrogens (tertiary/aromatic N) is 1. The van der Waals surface area contributed by atoms with Crippen molar-refractivity contribution in [2.75, 3.05) is 44.1 Å². The topological polar surface area (TPSA) is 123 Å². The van der Waals surface area contributed by atoms with E-state index in [-0.39, 0.29) is 29.1 Å². The van der Waals surface area contributed by atoms with Crippen molar-refractivity contribution >= 4 is 52.5 Å². The lowest BCUT2D eigenvalue weighted by Gasteiger charge is -2.24. The summed E-state index contributed by atoms with van der Waals surface area (Å²) in [6, 6.07) is 14.3. The summed E-state index contributed by atoms with van der Waals surface area (Å²) in [6.07, 6.45) is 4.48. The molecule has 0 spiro atoms. The van der Waals surface area contributed by atoms with Gasteiger partial charge >= 0.3 is 17.4 Å². The first-order valence-electron chi connectivity index (χ1n) is 15.2. The number of nitrogens with one attached hydrogen (secondary N) is 2. The maximum Gasteiger partial charge on any atom is 0.410 e. The van der Waals surface area contributed by atoms with E-state index < -0.39 is 23.7 Å². The lowest BCUT2D eigenvalue weighted by Crippen LogP contribution is -2.42. The van der Waals surface area contributed by atoms with Crippen molar-refractivity contribution in [2.24, 2.45) is 0 Å². The Hall–Kier alpha value is -3.64. The molecule has 0 aliphatic carbocycles. The van der Waals surface area contributed by atoms with Gasteiger partial charge in [0.2, 0.25) is 0 Å². The lowest BCUT2D eigenvalue weighted by atomic mass is 9.98. The molecule has 0 bridgehead atoms. The molecule has 2 aromatic rings. The number of hydrogen-bond acceptors (Lipinski definition) is 10. The van der Waals surface area contributed by atoms with Gasteiger partial charge in [0.25, 0.3) is 5.91 Å². The van der Waals surface area contributed by atoms with Crippen LogP contribution in [-0.2, 0) is 25.4 Å². The highest BCUT2D eigenvalue weighted by Crippen LogP contribution is 2.31. The summed E-state index contributed by atoms with van der Waals surface area (Å²) in [5.41, 5.74) is 2.40. The van der Waals surface area contributed by atoms with Crippen molar-refractivity contribution in [3.63, 3.8) is 0 Å². The van der Waals surface area contributed by atoms with Crippen LogP contribution in [0.1, 0.15) is 55.1 Å². The van der Waals surface area contributed by atoms with Gasteiger partial charge in [-0.2, -0.15) is 11.8 Å². The van der Waals surface area contributed by atoms with Gasteiger partial charge in [0.1, 0.15) is 18.2 Å². The molecule has 10 nitrogen and oxygen atoms in total. The first kappa shape index (κ1) is 36.8. The summed E-state index contributed by atoms with van der Waals surface area (Å²) in [4.78, 5) is 52.9. The number of anilines is 1. The Morgan fingerprint density at radius 2 is 1.87 bits per heavy atom. The molecule has 1 aliphatic heterocycles. The highest BCUT2D eigenvalue weighted by Gasteiger charge is 2.38. The van der Waals surface area contributed by atoms with E-state index >= 15 is 0 Å². The van der Waals surface area contributed by atoms with E-state index in [9.17, 15) is 19.2 Å². The van der Waals surface area contributed by atoms with Crippen LogP contribution < -0.4 is 10.6 Å². The smallest absolute Gasteiger partial charge is 0.410 e. The first-order valence-corrected chi connectivity index (χ1v) is 17.4. The summed E-state index contributed by atoms with van der Waals surface area (Å²) in [6.45, 7) is 9.87. The van der Waals surface area contributed by atoms with Gasteiger partial charge in [-0.3, -0.25) is 4.79 Å². The van der Waals surface area contributed by atoms with Crippen molar-refractivity contribution in [3.05, 3.63) is 77.9 Å². The molecular formula is C34H45N3O7S2. The van der Waals surface area contributed by atoms with Crippen LogP contribution in [0.5, 0.6) is 0 Å². The van der Waals surface area contributed by atoms with E-state index in [0.717, 1.165) is 28.6 Å². The van der Waals surface area contributed by atoms with Crippen molar-refractivity contribution in [3.8, 4) is 0 Å². The quantitative estimate of drug-likeness (QED) is 0.137. The number of amides is 2. The van der Waals surface area contributed by atoms with Crippen molar-refractivity contribution in [1.82, 2.24) is 10.2 Å². The third-order valence-electron chi connectivity index (χ3n) is 7.12. The molecule has 3 atom stereocenters. The Morgan fingerprint density at radius 1 is 1.13 bits per heavy atom. The minimum atomic E-state index is -0.756. The maximum absolute atomic E-state index is 13.5. The van der Waals surface area contributed by atoms with Gasteiger partial charge in [0.05, 0.1) is 13.2 Å². The van der Waals surface area contributed by atoms with Gasteiger partial charge in [0, 0.05) is 29.6 Å². The maximum atomic E-state index is 13.5. The van der Waals surface area contributed by atoms with Crippen LogP contribution in [0.3, 0.4) is 0 Å². The van der Waals surface area contributed by atoms with Crippen LogP contribution in [0.25, 0.3) is 0 Å². The number of hydrogen-bond donors (Lipinski definition) is 2. The number of ether oxygens (including phenoxy) is 3. The number of likely N-dealkylation sites (tertiary alicyclic amines) is 1. The molecule has 1 heterocycles. The van der Waals surface area contributed by atoms with Crippen molar-refractivity contribution < 1.29 is 33.4 Å².